The highest BCUT2D eigenvalue weighted by atomic mass is 32.1. The summed E-state index contributed by atoms with van der Waals surface area (Å²) in [7, 11) is 0. The van der Waals surface area contributed by atoms with E-state index in [-0.39, 0.29) is 16.8 Å². The largest absolute Gasteiger partial charge is 0.359 e. The van der Waals surface area contributed by atoms with Crippen LogP contribution in [0.1, 0.15) is 37.4 Å². The smallest absolute Gasteiger partial charge is 0.275 e. The Hall–Kier alpha value is -2.28. The molecule has 3 aromatic rings. The Morgan fingerprint density at radius 1 is 1.36 bits per heavy atom. The van der Waals surface area contributed by atoms with Crippen LogP contribution in [0, 0.1) is 5.82 Å². The van der Waals surface area contributed by atoms with Crippen LogP contribution in [0.5, 0.6) is 0 Å². The van der Waals surface area contributed by atoms with E-state index in [1.165, 1.54) is 21.9 Å². The van der Waals surface area contributed by atoms with E-state index in [9.17, 15) is 9.18 Å². The summed E-state index contributed by atoms with van der Waals surface area (Å²) in [5.74, 6) is -0.159. The van der Waals surface area contributed by atoms with Crippen molar-refractivity contribution >= 4 is 21.4 Å². The van der Waals surface area contributed by atoms with Crippen LogP contribution in [-0.4, -0.2) is 21.1 Å². The number of rotatable bonds is 6. The average Bonchev–Trinajstić information content (AvgIpc) is 3.26. The third-order valence-electron chi connectivity index (χ3n) is 4.68. The molecule has 1 aromatic carbocycles. The molecule has 1 aliphatic rings. The van der Waals surface area contributed by atoms with Gasteiger partial charge in [-0.15, -0.1) is 5.10 Å². The summed E-state index contributed by atoms with van der Waals surface area (Å²) in [6.07, 6.45) is 3.62. The molecule has 0 unspecified atom stereocenters. The fourth-order valence-corrected chi connectivity index (χ4v) is 3.96. The average molecular weight is 358 g/mol. The Bertz CT molecular complexity index is 977. The fourth-order valence-electron chi connectivity index (χ4n) is 3.14. The molecule has 2 aromatic heterocycles. The lowest BCUT2D eigenvalue weighted by molar-refractivity contribution is 0.578. The van der Waals surface area contributed by atoms with Crippen LogP contribution in [0.15, 0.2) is 35.1 Å². The molecule has 0 spiro atoms. The van der Waals surface area contributed by atoms with Gasteiger partial charge in [-0.3, -0.25) is 4.79 Å². The highest BCUT2D eigenvalue weighted by Gasteiger charge is 2.45. The summed E-state index contributed by atoms with van der Waals surface area (Å²) in [6, 6.07) is 8.48. The topological polar surface area (TPSA) is 59.3 Å². The monoisotopic (exact) mass is 358 g/mol. The standard InChI is InChI=1S/C18H19FN4OS/c1-2-5-12-10-15(24)23-17(21-12)25-16(22-23)20-11-18(8-9-18)13-6-3-4-7-14(13)19/h3-4,6-7,10H,2,5,8-9,11H2,1H3,(H,20,22). The van der Waals surface area contributed by atoms with Gasteiger partial charge in [-0.1, -0.05) is 42.9 Å². The van der Waals surface area contributed by atoms with E-state index in [1.807, 2.05) is 12.1 Å². The lowest BCUT2D eigenvalue weighted by atomic mass is 9.95. The molecule has 130 valence electrons. The summed E-state index contributed by atoms with van der Waals surface area (Å²) in [6.45, 7) is 2.66. The Kier molecular flexibility index (Phi) is 4.03. The molecule has 25 heavy (non-hydrogen) atoms. The summed E-state index contributed by atoms with van der Waals surface area (Å²) < 4.78 is 15.4. The minimum absolute atomic E-state index is 0.159. The molecule has 0 atom stereocenters. The number of aryl methyl sites for hydroxylation is 1. The van der Waals surface area contributed by atoms with E-state index in [4.69, 9.17) is 0 Å². The number of aromatic nitrogens is 3. The molecular formula is C18H19FN4OS. The molecule has 0 amide bonds. The van der Waals surface area contributed by atoms with E-state index in [0.717, 1.165) is 36.9 Å². The molecule has 0 aliphatic heterocycles. The minimum atomic E-state index is -0.172. The van der Waals surface area contributed by atoms with E-state index < -0.39 is 0 Å². The Labute approximate surface area is 148 Å². The van der Waals surface area contributed by atoms with Crippen LogP contribution >= 0.6 is 11.3 Å². The minimum Gasteiger partial charge on any atom is -0.359 e. The number of hydrogen-bond acceptors (Lipinski definition) is 5. The van der Waals surface area contributed by atoms with Crippen LogP contribution in [0.4, 0.5) is 9.52 Å². The molecule has 1 saturated carbocycles. The van der Waals surface area contributed by atoms with Gasteiger partial charge in [0, 0.05) is 23.7 Å². The van der Waals surface area contributed by atoms with Gasteiger partial charge in [-0.2, -0.15) is 4.52 Å². The second-order valence-corrected chi connectivity index (χ2v) is 7.51. The van der Waals surface area contributed by atoms with E-state index >= 15 is 0 Å². The van der Waals surface area contributed by atoms with E-state index in [2.05, 4.69) is 22.3 Å². The van der Waals surface area contributed by atoms with Gasteiger partial charge in [0.05, 0.1) is 0 Å². The number of nitrogens with one attached hydrogen (secondary N) is 1. The van der Waals surface area contributed by atoms with Gasteiger partial charge in [0.25, 0.3) is 5.56 Å². The van der Waals surface area contributed by atoms with Gasteiger partial charge in [0.15, 0.2) is 0 Å². The van der Waals surface area contributed by atoms with Crippen molar-refractivity contribution in [3.63, 3.8) is 0 Å². The first-order valence-corrected chi connectivity index (χ1v) is 9.32. The van der Waals surface area contributed by atoms with Crippen molar-refractivity contribution in [1.29, 1.82) is 0 Å². The SMILES string of the molecule is CCCc1cc(=O)n2nc(NCC3(c4ccccc4F)CC3)sc2n1. The zero-order valence-corrected chi connectivity index (χ0v) is 14.8. The molecule has 1 fully saturated rings. The maximum Gasteiger partial charge on any atom is 0.275 e. The van der Waals surface area contributed by atoms with Crippen molar-refractivity contribution in [2.24, 2.45) is 0 Å². The number of benzene rings is 1. The molecule has 7 heteroatoms. The molecule has 0 radical (unpaired) electrons. The van der Waals surface area contributed by atoms with Gasteiger partial charge < -0.3 is 5.32 Å². The molecule has 0 bridgehead atoms. The Balaban J connectivity index is 1.56. The van der Waals surface area contributed by atoms with Crippen LogP contribution in [-0.2, 0) is 11.8 Å². The fraction of sp³-hybridized carbons (Fsp3) is 0.389. The molecular weight excluding hydrogens is 339 g/mol. The normalized spacial score (nSPS) is 15.4. The second kappa shape index (κ2) is 6.22. The first-order valence-electron chi connectivity index (χ1n) is 8.50. The third-order valence-corrected chi connectivity index (χ3v) is 5.55. The molecule has 5 nitrogen and oxygen atoms in total. The molecule has 4 rings (SSSR count). The van der Waals surface area contributed by atoms with Gasteiger partial charge in [0.1, 0.15) is 5.82 Å². The quantitative estimate of drug-likeness (QED) is 0.734. The number of fused-ring (bicyclic) bond motifs is 1. The van der Waals surface area contributed by atoms with Crippen molar-refractivity contribution in [2.45, 2.75) is 38.0 Å². The predicted molar refractivity (Wildman–Crippen MR) is 96.9 cm³/mol. The Morgan fingerprint density at radius 3 is 2.88 bits per heavy atom. The third kappa shape index (κ3) is 3.04. The molecule has 1 aliphatic carbocycles. The summed E-state index contributed by atoms with van der Waals surface area (Å²) in [5.41, 5.74) is 1.22. The van der Waals surface area contributed by atoms with Crippen LogP contribution < -0.4 is 10.9 Å². The first-order chi connectivity index (χ1) is 12.1. The van der Waals surface area contributed by atoms with Crippen molar-refractivity contribution in [2.75, 3.05) is 11.9 Å². The lowest BCUT2D eigenvalue weighted by Gasteiger charge is -2.16. The van der Waals surface area contributed by atoms with Crippen molar-refractivity contribution in [3.8, 4) is 0 Å². The maximum atomic E-state index is 14.1. The summed E-state index contributed by atoms with van der Waals surface area (Å²) >= 11 is 1.36. The van der Waals surface area contributed by atoms with Crippen molar-refractivity contribution < 1.29 is 4.39 Å². The summed E-state index contributed by atoms with van der Waals surface area (Å²) in [5, 5.41) is 8.24. The zero-order valence-electron chi connectivity index (χ0n) is 14.0. The Morgan fingerprint density at radius 2 is 2.16 bits per heavy atom. The van der Waals surface area contributed by atoms with Gasteiger partial charge >= 0.3 is 0 Å². The highest BCUT2D eigenvalue weighted by molar-refractivity contribution is 7.20. The number of halogens is 1. The maximum absolute atomic E-state index is 14.1. The predicted octanol–water partition coefficient (Wildman–Crippen LogP) is 3.39. The highest BCUT2D eigenvalue weighted by Crippen LogP contribution is 2.49. The molecule has 0 saturated heterocycles. The van der Waals surface area contributed by atoms with Gasteiger partial charge in [-0.05, 0) is 30.9 Å². The van der Waals surface area contributed by atoms with Crippen molar-refractivity contribution in [3.05, 3.63) is 57.8 Å². The second-order valence-electron chi connectivity index (χ2n) is 6.55. The van der Waals surface area contributed by atoms with E-state index in [1.54, 1.807) is 12.1 Å². The number of anilines is 1. The van der Waals surface area contributed by atoms with Crippen LogP contribution in [0.2, 0.25) is 0 Å². The molecule has 1 N–H and O–H groups in total. The summed E-state index contributed by atoms with van der Waals surface area (Å²) in [4.78, 5) is 17.2. The number of nitrogens with zero attached hydrogens (tertiary/aromatic N) is 3. The van der Waals surface area contributed by atoms with Crippen LogP contribution in [0.25, 0.3) is 4.96 Å². The zero-order chi connectivity index (χ0) is 17.4. The van der Waals surface area contributed by atoms with Gasteiger partial charge in [0.2, 0.25) is 10.1 Å². The van der Waals surface area contributed by atoms with E-state index in [0.29, 0.717) is 16.6 Å². The van der Waals surface area contributed by atoms with Crippen LogP contribution in [0.3, 0.4) is 0 Å². The van der Waals surface area contributed by atoms with Crippen molar-refractivity contribution in [1.82, 2.24) is 14.6 Å². The lowest BCUT2D eigenvalue weighted by Crippen LogP contribution is -2.21. The first kappa shape index (κ1) is 16.2. The van der Waals surface area contributed by atoms with Gasteiger partial charge in [-0.25, -0.2) is 9.37 Å². The number of hydrogen-bond donors (Lipinski definition) is 1. The molecule has 2 heterocycles.